The molecule has 0 aromatic heterocycles. The van der Waals surface area contributed by atoms with Crippen LogP contribution in [-0.4, -0.2) is 47.1 Å². The summed E-state index contributed by atoms with van der Waals surface area (Å²) >= 11 is 0. The van der Waals surface area contributed by atoms with Gasteiger partial charge in [0, 0.05) is 29.7 Å². The summed E-state index contributed by atoms with van der Waals surface area (Å²) in [4.78, 5) is 36.0. The Morgan fingerprint density at radius 1 is 1.07 bits per heavy atom. The van der Waals surface area contributed by atoms with Gasteiger partial charge < -0.3 is 15.7 Å². The topological polar surface area (TPSA) is 108 Å². The molecule has 2 atom stereocenters. The highest BCUT2D eigenvalue weighted by Crippen LogP contribution is 2.29. The minimum Gasteiger partial charge on any atom is -0.481 e. The molecule has 0 spiro atoms. The minimum absolute atomic E-state index is 0.104. The van der Waals surface area contributed by atoms with Gasteiger partial charge in [0.25, 0.3) is 0 Å². The number of hydrogen-bond donors (Lipinski definition) is 4. The predicted octanol–water partition coefficient (Wildman–Crippen LogP) is 1.36. The summed E-state index contributed by atoms with van der Waals surface area (Å²) in [5, 5.41) is 18.3. The van der Waals surface area contributed by atoms with Gasteiger partial charge in [0.05, 0.1) is 11.8 Å². The molecule has 7 heteroatoms. The summed E-state index contributed by atoms with van der Waals surface area (Å²) in [6.07, 6.45) is 7.04. The third kappa shape index (κ3) is 5.42. The molecule has 0 saturated heterocycles. The van der Waals surface area contributed by atoms with Crippen LogP contribution in [0, 0.1) is 11.8 Å². The Kier molecular flexibility index (Phi) is 6.46. The van der Waals surface area contributed by atoms with E-state index in [4.69, 9.17) is 0 Å². The quantitative estimate of drug-likeness (QED) is 0.396. The van der Waals surface area contributed by atoms with Crippen LogP contribution < -0.4 is 16.0 Å². The first-order valence-electron chi connectivity index (χ1n) is 9.50. The van der Waals surface area contributed by atoms with Crippen LogP contribution >= 0.6 is 0 Å². The number of nitrogens with one attached hydrogen (secondary N) is 3. The Labute approximate surface area is 160 Å². The van der Waals surface area contributed by atoms with Crippen molar-refractivity contribution in [2.75, 3.05) is 13.1 Å². The molecule has 2 aliphatic rings. The maximum atomic E-state index is 12.4. The van der Waals surface area contributed by atoms with E-state index < -0.39 is 17.8 Å². The monoisotopic (exact) mass is 377 g/mol. The molecule has 0 saturated carbocycles. The van der Waals surface area contributed by atoms with Crippen LogP contribution in [0.1, 0.15) is 47.0 Å². The number of carboxylic acid groups (broad SMARTS) is 1. The van der Waals surface area contributed by atoms with E-state index >= 15 is 0 Å². The molecule has 27 heavy (non-hydrogen) atoms. The maximum Gasteiger partial charge on any atom is 0.307 e. The fraction of sp³-hybridized carbons (Fsp3) is 0.650. The summed E-state index contributed by atoms with van der Waals surface area (Å²) in [5.74, 6) is -2.46. The normalized spacial score (nSPS) is 25.6. The largest absolute Gasteiger partial charge is 0.481 e. The molecule has 0 aromatic rings. The van der Waals surface area contributed by atoms with Crippen molar-refractivity contribution in [3.8, 4) is 0 Å². The summed E-state index contributed by atoms with van der Waals surface area (Å²) in [6, 6.07) is 0. The van der Waals surface area contributed by atoms with Crippen LogP contribution in [0.4, 0.5) is 0 Å². The zero-order valence-electron chi connectivity index (χ0n) is 16.6. The number of hydrogen-bond acceptors (Lipinski definition) is 4. The average Bonchev–Trinajstić information content (AvgIpc) is 2.81. The molecule has 1 aliphatic heterocycles. The standard InChI is InChI=1S/C20H31N3O4/c1-19(2)12-15(20(3,4)23-19)17(25)22-11-7-10-21-16(24)13-8-5-6-9-14(13)18(26)27/h5-6,12-14,23H,7-11H2,1-4H3,(H,21,24)(H,22,25)(H,26,27). The number of rotatable bonds is 7. The second kappa shape index (κ2) is 8.25. The second-order valence-electron chi connectivity index (χ2n) is 8.42. The third-order valence-corrected chi connectivity index (χ3v) is 5.08. The van der Waals surface area contributed by atoms with Gasteiger partial charge in [-0.1, -0.05) is 18.2 Å². The van der Waals surface area contributed by atoms with Crippen molar-refractivity contribution in [3.05, 3.63) is 23.8 Å². The summed E-state index contributed by atoms with van der Waals surface area (Å²) in [6.45, 7) is 8.85. The maximum absolute atomic E-state index is 12.4. The average molecular weight is 377 g/mol. The molecule has 0 aromatic carbocycles. The zero-order valence-corrected chi connectivity index (χ0v) is 16.6. The van der Waals surface area contributed by atoms with Gasteiger partial charge in [0.2, 0.25) is 11.8 Å². The summed E-state index contributed by atoms with van der Waals surface area (Å²) in [5.41, 5.74) is 0.108. The van der Waals surface area contributed by atoms with E-state index in [1.165, 1.54) is 0 Å². The zero-order chi connectivity index (χ0) is 20.2. The lowest BCUT2D eigenvalue weighted by molar-refractivity contribution is -0.147. The molecular weight excluding hydrogens is 346 g/mol. The second-order valence-corrected chi connectivity index (χ2v) is 8.42. The number of amides is 2. The molecule has 2 amide bonds. The number of allylic oxidation sites excluding steroid dienone is 2. The lowest BCUT2D eigenvalue weighted by Gasteiger charge is -2.27. The van der Waals surface area contributed by atoms with Gasteiger partial charge >= 0.3 is 5.97 Å². The Morgan fingerprint density at radius 2 is 1.67 bits per heavy atom. The summed E-state index contributed by atoms with van der Waals surface area (Å²) in [7, 11) is 0. The minimum atomic E-state index is -0.934. The third-order valence-electron chi connectivity index (χ3n) is 5.08. The predicted molar refractivity (Wildman–Crippen MR) is 103 cm³/mol. The number of carboxylic acids is 1. The highest BCUT2D eigenvalue weighted by atomic mass is 16.4. The molecule has 0 fully saturated rings. The van der Waals surface area contributed by atoms with Crippen molar-refractivity contribution in [1.29, 1.82) is 0 Å². The Hall–Kier alpha value is -2.15. The Bertz CT molecular complexity index is 664. The van der Waals surface area contributed by atoms with Gasteiger partial charge in [0.15, 0.2) is 0 Å². The van der Waals surface area contributed by atoms with E-state index in [2.05, 4.69) is 16.0 Å². The fourth-order valence-electron chi connectivity index (χ4n) is 3.90. The number of carbonyl (C=O) groups is 3. The van der Waals surface area contributed by atoms with E-state index in [0.29, 0.717) is 32.4 Å². The molecular formula is C20H31N3O4. The van der Waals surface area contributed by atoms with E-state index in [1.54, 1.807) is 0 Å². The van der Waals surface area contributed by atoms with Gasteiger partial charge in [-0.25, -0.2) is 0 Å². The van der Waals surface area contributed by atoms with Gasteiger partial charge in [-0.3, -0.25) is 19.7 Å². The van der Waals surface area contributed by atoms with Crippen molar-refractivity contribution in [2.45, 2.75) is 58.0 Å². The van der Waals surface area contributed by atoms with Gasteiger partial charge in [-0.05, 0) is 47.0 Å². The van der Waals surface area contributed by atoms with Gasteiger partial charge in [-0.15, -0.1) is 0 Å². The smallest absolute Gasteiger partial charge is 0.307 e. The number of carbonyl (C=O) groups excluding carboxylic acids is 2. The van der Waals surface area contributed by atoms with E-state index in [1.807, 2.05) is 45.9 Å². The van der Waals surface area contributed by atoms with Crippen LogP contribution in [0.25, 0.3) is 0 Å². The lowest BCUT2D eigenvalue weighted by Crippen LogP contribution is -2.47. The first-order valence-corrected chi connectivity index (χ1v) is 9.50. The molecule has 2 rings (SSSR count). The van der Waals surface area contributed by atoms with Crippen molar-refractivity contribution in [2.24, 2.45) is 11.8 Å². The number of aliphatic carboxylic acids is 1. The van der Waals surface area contributed by atoms with Crippen molar-refractivity contribution in [3.63, 3.8) is 0 Å². The molecule has 0 bridgehead atoms. The molecule has 0 radical (unpaired) electrons. The molecule has 150 valence electrons. The molecule has 4 N–H and O–H groups in total. The van der Waals surface area contributed by atoms with Gasteiger partial charge in [0.1, 0.15) is 0 Å². The van der Waals surface area contributed by atoms with Crippen LogP contribution in [0.2, 0.25) is 0 Å². The van der Waals surface area contributed by atoms with E-state index in [9.17, 15) is 19.5 Å². The highest BCUT2D eigenvalue weighted by Gasteiger charge is 2.40. The van der Waals surface area contributed by atoms with Crippen molar-refractivity contribution >= 4 is 17.8 Å². The highest BCUT2D eigenvalue weighted by molar-refractivity contribution is 5.96. The van der Waals surface area contributed by atoms with Crippen molar-refractivity contribution < 1.29 is 19.5 Å². The Balaban J connectivity index is 1.74. The lowest BCUT2D eigenvalue weighted by atomic mass is 9.82. The first kappa shape index (κ1) is 21.2. The van der Waals surface area contributed by atoms with E-state index in [-0.39, 0.29) is 22.9 Å². The molecule has 7 nitrogen and oxygen atoms in total. The van der Waals surface area contributed by atoms with Crippen LogP contribution in [0.3, 0.4) is 0 Å². The molecule has 1 heterocycles. The van der Waals surface area contributed by atoms with Crippen LogP contribution in [0.15, 0.2) is 23.8 Å². The molecule has 2 unspecified atom stereocenters. The molecule has 1 aliphatic carbocycles. The fourth-order valence-corrected chi connectivity index (χ4v) is 3.90. The summed E-state index contributed by atoms with van der Waals surface area (Å²) < 4.78 is 0. The first-order chi connectivity index (χ1) is 12.5. The van der Waals surface area contributed by atoms with Crippen molar-refractivity contribution in [1.82, 2.24) is 16.0 Å². The Morgan fingerprint density at radius 3 is 2.22 bits per heavy atom. The van der Waals surface area contributed by atoms with E-state index in [0.717, 1.165) is 5.57 Å². The van der Waals surface area contributed by atoms with Gasteiger partial charge in [-0.2, -0.15) is 0 Å². The SMILES string of the molecule is CC1(C)C=C(C(=O)NCCCNC(=O)C2CC=CCC2C(=O)O)C(C)(C)N1. The van der Waals surface area contributed by atoms with Crippen LogP contribution in [-0.2, 0) is 14.4 Å². The van der Waals surface area contributed by atoms with Crippen LogP contribution in [0.5, 0.6) is 0 Å².